The monoisotopic (exact) mass is 418 g/mol. The predicted octanol–water partition coefficient (Wildman–Crippen LogP) is 5.23. The summed E-state index contributed by atoms with van der Waals surface area (Å²) >= 11 is 6.31. The minimum atomic E-state index is -0.170. The Bertz CT molecular complexity index is 1290. The van der Waals surface area contributed by atoms with E-state index in [1.807, 2.05) is 54.6 Å². The first kappa shape index (κ1) is 19.7. The zero-order valence-corrected chi connectivity index (χ0v) is 17.3. The van der Waals surface area contributed by atoms with E-state index in [4.69, 9.17) is 26.1 Å². The first-order valence-electron chi connectivity index (χ1n) is 9.28. The number of hydrogen-bond acceptors (Lipinski definition) is 4. The number of rotatable bonds is 5. The van der Waals surface area contributed by atoms with Gasteiger partial charge in [-0.15, -0.1) is 0 Å². The zero-order chi connectivity index (χ0) is 21.1. The van der Waals surface area contributed by atoms with Crippen LogP contribution in [-0.2, 0) is 0 Å². The molecule has 0 aliphatic rings. The fraction of sp³-hybridized carbons (Fsp3) is 0.0833. The second-order valence-corrected chi connectivity index (χ2v) is 6.96. The molecule has 0 atom stereocenters. The maximum atomic E-state index is 13.3. The van der Waals surface area contributed by atoms with Crippen LogP contribution in [0.25, 0.3) is 28.7 Å². The van der Waals surface area contributed by atoms with Crippen LogP contribution in [0.3, 0.4) is 0 Å². The van der Waals surface area contributed by atoms with Crippen molar-refractivity contribution in [3.63, 3.8) is 0 Å². The van der Waals surface area contributed by atoms with E-state index >= 15 is 0 Å². The minimum absolute atomic E-state index is 0.170. The van der Waals surface area contributed by atoms with Gasteiger partial charge in [-0.2, -0.15) is 0 Å². The van der Waals surface area contributed by atoms with Gasteiger partial charge >= 0.3 is 0 Å². The van der Waals surface area contributed by atoms with Gasteiger partial charge in [0.2, 0.25) is 0 Å². The average Bonchev–Trinajstić information content (AvgIpc) is 2.78. The Morgan fingerprint density at radius 1 is 0.933 bits per heavy atom. The number of benzene rings is 3. The summed E-state index contributed by atoms with van der Waals surface area (Å²) in [5, 5.41) is 0.950. The molecule has 0 saturated carbocycles. The number of hydrogen-bond donors (Lipinski definition) is 0. The number of para-hydroxylation sites is 1. The molecule has 1 heterocycles. The Labute approximate surface area is 178 Å². The standard InChI is InChI=1S/C24H19ClN2O3/c1-29-18-11-7-16(8-12-18)9-14-23-26-21-6-4-3-5-19(21)24(28)27(23)17-10-13-22(30-2)20(25)15-17/h3-15H,1-2H3/b14-9+. The summed E-state index contributed by atoms with van der Waals surface area (Å²) in [5.74, 6) is 1.81. The highest BCUT2D eigenvalue weighted by Crippen LogP contribution is 2.27. The molecular weight excluding hydrogens is 400 g/mol. The molecule has 1 aromatic heterocycles. The number of fused-ring (bicyclic) bond motifs is 1. The van der Waals surface area contributed by atoms with Crippen molar-refractivity contribution >= 4 is 34.7 Å². The van der Waals surface area contributed by atoms with E-state index in [1.165, 1.54) is 0 Å². The molecule has 0 amide bonds. The van der Waals surface area contributed by atoms with E-state index in [-0.39, 0.29) is 5.56 Å². The Hall–Kier alpha value is -3.57. The summed E-state index contributed by atoms with van der Waals surface area (Å²) in [6, 6.07) is 20.1. The third-order valence-electron chi connectivity index (χ3n) is 4.74. The third-order valence-corrected chi connectivity index (χ3v) is 5.03. The quantitative estimate of drug-likeness (QED) is 0.445. The maximum absolute atomic E-state index is 13.3. The minimum Gasteiger partial charge on any atom is -0.497 e. The molecule has 6 heteroatoms. The third kappa shape index (κ3) is 3.80. The molecular formula is C24H19ClN2O3. The van der Waals surface area contributed by atoms with Gasteiger partial charge in [0, 0.05) is 0 Å². The van der Waals surface area contributed by atoms with E-state index in [9.17, 15) is 4.79 Å². The highest BCUT2D eigenvalue weighted by molar-refractivity contribution is 6.32. The Balaban J connectivity index is 1.89. The molecule has 0 aliphatic heterocycles. The average molecular weight is 419 g/mol. The topological polar surface area (TPSA) is 53.3 Å². The summed E-state index contributed by atoms with van der Waals surface area (Å²) in [5.41, 5.74) is 2.03. The lowest BCUT2D eigenvalue weighted by atomic mass is 10.2. The molecule has 4 rings (SSSR count). The summed E-state index contributed by atoms with van der Waals surface area (Å²) in [7, 11) is 3.18. The first-order chi connectivity index (χ1) is 14.6. The van der Waals surface area contributed by atoms with Gasteiger partial charge in [-0.25, -0.2) is 4.98 Å². The largest absolute Gasteiger partial charge is 0.497 e. The van der Waals surface area contributed by atoms with E-state index in [0.717, 1.165) is 11.3 Å². The molecule has 0 spiro atoms. The van der Waals surface area contributed by atoms with Crippen LogP contribution >= 0.6 is 11.6 Å². The molecule has 0 bridgehead atoms. The molecule has 0 fully saturated rings. The predicted molar refractivity (Wildman–Crippen MR) is 121 cm³/mol. The molecule has 0 unspecified atom stereocenters. The molecule has 5 nitrogen and oxygen atoms in total. The van der Waals surface area contributed by atoms with Crippen molar-refractivity contribution in [1.29, 1.82) is 0 Å². The van der Waals surface area contributed by atoms with E-state index in [0.29, 0.717) is 33.2 Å². The molecule has 150 valence electrons. The molecule has 4 aromatic rings. The number of nitrogens with zero attached hydrogens (tertiary/aromatic N) is 2. The fourth-order valence-electron chi connectivity index (χ4n) is 3.19. The smallest absolute Gasteiger partial charge is 0.266 e. The lowest BCUT2D eigenvalue weighted by Crippen LogP contribution is -2.22. The van der Waals surface area contributed by atoms with Gasteiger partial charge in [0.15, 0.2) is 0 Å². The van der Waals surface area contributed by atoms with Crippen molar-refractivity contribution in [1.82, 2.24) is 9.55 Å². The van der Waals surface area contributed by atoms with Crippen LogP contribution in [-0.4, -0.2) is 23.8 Å². The van der Waals surface area contributed by atoms with Crippen molar-refractivity contribution in [2.75, 3.05) is 14.2 Å². The van der Waals surface area contributed by atoms with Crippen LogP contribution in [0.4, 0.5) is 0 Å². The van der Waals surface area contributed by atoms with Crippen LogP contribution in [0.1, 0.15) is 11.4 Å². The summed E-state index contributed by atoms with van der Waals surface area (Å²) in [6.07, 6.45) is 3.71. The first-order valence-corrected chi connectivity index (χ1v) is 9.66. The number of aromatic nitrogens is 2. The van der Waals surface area contributed by atoms with Crippen molar-refractivity contribution in [3.8, 4) is 17.2 Å². The second kappa shape index (κ2) is 8.43. The van der Waals surface area contributed by atoms with Gasteiger partial charge in [0.05, 0.1) is 35.8 Å². The van der Waals surface area contributed by atoms with Crippen LogP contribution in [0.15, 0.2) is 71.5 Å². The van der Waals surface area contributed by atoms with Crippen molar-refractivity contribution in [2.45, 2.75) is 0 Å². The zero-order valence-electron chi connectivity index (χ0n) is 16.5. The lowest BCUT2D eigenvalue weighted by molar-refractivity contribution is 0.414. The van der Waals surface area contributed by atoms with Gasteiger partial charge in [0.1, 0.15) is 17.3 Å². The van der Waals surface area contributed by atoms with Gasteiger partial charge < -0.3 is 9.47 Å². The molecule has 3 aromatic carbocycles. The van der Waals surface area contributed by atoms with Gasteiger partial charge in [-0.05, 0) is 54.1 Å². The maximum Gasteiger partial charge on any atom is 0.266 e. The highest BCUT2D eigenvalue weighted by Gasteiger charge is 2.12. The normalized spacial score (nSPS) is 11.2. The van der Waals surface area contributed by atoms with Crippen LogP contribution in [0.5, 0.6) is 11.5 Å². The lowest BCUT2D eigenvalue weighted by Gasteiger charge is -2.13. The number of ether oxygens (including phenoxy) is 2. The molecule has 0 radical (unpaired) electrons. The molecule has 30 heavy (non-hydrogen) atoms. The molecule has 0 aliphatic carbocycles. The SMILES string of the molecule is COc1ccc(/C=C/c2nc3ccccc3c(=O)n2-c2ccc(OC)c(Cl)c2)cc1. The van der Waals surface area contributed by atoms with Crippen LogP contribution < -0.4 is 15.0 Å². The molecule has 0 saturated heterocycles. The van der Waals surface area contributed by atoms with E-state index in [1.54, 1.807) is 43.1 Å². The number of methoxy groups -OCH3 is 2. The highest BCUT2D eigenvalue weighted by atomic mass is 35.5. The van der Waals surface area contributed by atoms with Gasteiger partial charge in [-0.3, -0.25) is 9.36 Å². The van der Waals surface area contributed by atoms with Crippen molar-refractivity contribution in [2.24, 2.45) is 0 Å². The van der Waals surface area contributed by atoms with Crippen molar-refractivity contribution in [3.05, 3.63) is 93.5 Å². The summed E-state index contributed by atoms with van der Waals surface area (Å²) in [4.78, 5) is 18.0. The van der Waals surface area contributed by atoms with Gasteiger partial charge in [0.25, 0.3) is 5.56 Å². The Kier molecular flexibility index (Phi) is 5.55. The van der Waals surface area contributed by atoms with Crippen LogP contribution in [0, 0.1) is 0 Å². The second-order valence-electron chi connectivity index (χ2n) is 6.55. The van der Waals surface area contributed by atoms with E-state index < -0.39 is 0 Å². The van der Waals surface area contributed by atoms with Crippen LogP contribution in [0.2, 0.25) is 5.02 Å². The number of halogens is 1. The van der Waals surface area contributed by atoms with Gasteiger partial charge in [-0.1, -0.05) is 41.9 Å². The summed E-state index contributed by atoms with van der Waals surface area (Å²) in [6.45, 7) is 0. The molecule has 0 N–H and O–H groups in total. The van der Waals surface area contributed by atoms with Crippen molar-refractivity contribution < 1.29 is 9.47 Å². The van der Waals surface area contributed by atoms with E-state index in [2.05, 4.69) is 0 Å². The summed E-state index contributed by atoms with van der Waals surface area (Å²) < 4.78 is 12.0. The Morgan fingerprint density at radius 2 is 1.70 bits per heavy atom. The fourth-order valence-corrected chi connectivity index (χ4v) is 3.44. The Morgan fingerprint density at radius 3 is 2.40 bits per heavy atom.